The Morgan fingerprint density at radius 2 is 1.72 bits per heavy atom. The minimum absolute atomic E-state index is 0.145. The van der Waals surface area contributed by atoms with Crippen molar-refractivity contribution in [3.63, 3.8) is 0 Å². The summed E-state index contributed by atoms with van der Waals surface area (Å²) in [5, 5.41) is 18.9. The first-order valence-corrected chi connectivity index (χ1v) is 5.76. The fraction of sp³-hybridized carbons (Fsp3) is 0.462. The van der Waals surface area contributed by atoms with Gasteiger partial charge in [-0.1, -0.05) is 37.6 Å². The predicted octanol–water partition coefficient (Wildman–Crippen LogP) is 3.16. The minimum atomic E-state index is -2.57. The standard InChI is InChI=1S/C13H16F2O3/c1-2-3-10(13(17)18)11(16)8-4-6-9(7-5-8)12(14)15/h4-7,10-12,16H,2-3H2,1H3,(H,17,18). The van der Waals surface area contributed by atoms with Crippen molar-refractivity contribution in [2.75, 3.05) is 0 Å². The fourth-order valence-corrected chi connectivity index (χ4v) is 1.80. The molecule has 5 heteroatoms. The molecule has 1 aromatic rings. The molecule has 0 saturated heterocycles. The Hall–Kier alpha value is -1.49. The number of aliphatic hydroxyl groups excluding tert-OH is 1. The molecule has 2 N–H and O–H groups in total. The van der Waals surface area contributed by atoms with Crippen LogP contribution in [0.3, 0.4) is 0 Å². The molecule has 0 heterocycles. The molecule has 0 bridgehead atoms. The number of aliphatic hydroxyl groups is 1. The molecule has 0 aliphatic rings. The zero-order chi connectivity index (χ0) is 13.7. The van der Waals surface area contributed by atoms with Crippen LogP contribution < -0.4 is 0 Å². The number of benzene rings is 1. The first kappa shape index (κ1) is 14.6. The van der Waals surface area contributed by atoms with E-state index in [1.165, 1.54) is 24.3 Å². The lowest BCUT2D eigenvalue weighted by Gasteiger charge is -2.19. The van der Waals surface area contributed by atoms with Crippen LogP contribution in [0.25, 0.3) is 0 Å². The summed E-state index contributed by atoms with van der Waals surface area (Å²) in [5.74, 6) is -1.99. The largest absolute Gasteiger partial charge is 0.481 e. The Morgan fingerprint density at radius 1 is 1.22 bits per heavy atom. The van der Waals surface area contributed by atoms with E-state index in [2.05, 4.69) is 0 Å². The summed E-state index contributed by atoms with van der Waals surface area (Å²) in [6.45, 7) is 1.82. The molecular weight excluding hydrogens is 242 g/mol. The van der Waals surface area contributed by atoms with Gasteiger partial charge in [-0.3, -0.25) is 4.79 Å². The van der Waals surface area contributed by atoms with Gasteiger partial charge in [0.2, 0.25) is 0 Å². The average molecular weight is 258 g/mol. The SMILES string of the molecule is CCCC(C(=O)O)C(O)c1ccc(C(F)F)cc1. The molecule has 0 radical (unpaired) electrons. The molecule has 0 aliphatic carbocycles. The first-order chi connectivity index (χ1) is 8.47. The van der Waals surface area contributed by atoms with Gasteiger partial charge in [0.25, 0.3) is 6.43 Å². The molecule has 0 spiro atoms. The summed E-state index contributed by atoms with van der Waals surface area (Å²) in [4.78, 5) is 11.0. The lowest BCUT2D eigenvalue weighted by Crippen LogP contribution is -2.21. The third-order valence-electron chi connectivity index (χ3n) is 2.83. The Kier molecular flexibility index (Phi) is 5.22. The Morgan fingerprint density at radius 3 is 2.11 bits per heavy atom. The normalized spacial score (nSPS) is 14.5. The van der Waals surface area contributed by atoms with E-state index < -0.39 is 24.4 Å². The van der Waals surface area contributed by atoms with Gasteiger partial charge >= 0.3 is 5.97 Å². The Labute approximate surface area is 104 Å². The number of carboxylic acids is 1. The first-order valence-electron chi connectivity index (χ1n) is 5.76. The van der Waals surface area contributed by atoms with Crippen LogP contribution in [-0.2, 0) is 4.79 Å². The highest BCUT2D eigenvalue weighted by atomic mass is 19.3. The van der Waals surface area contributed by atoms with E-state index in [0.29, 0.717) is 18.4 Å². The zero-order valence-corrected chi connectivity index (χ0v) is 10.0. The smallest absolute Gasteiger partial charge is 0.309 e. The highest BCUT2D eigenvalue weighted by Crippen LogP contribution is 2.28. The summed E-state index contributed by atoms with van der Waals surface area (Å²) in [7, 11) is 0. The summed E-state index contributed by atoms with van der Waals surface area (Å²) in [5.41, 5.74) is 0.202. The molecule has 0 aromatic heterocycles. The van der Waals surface area contributed by atoms with Crippen LogP contribution in [0.1, 0.15) is 43.4 Å². The van der Waals surface area contributed by atoms with E-state index in [1.807, 2.05) is 6.92 Å². The molecule has 1 rings (SSSR count). The number of hydrogen-bond acceptors (Lipinski definition) is 2. The average Bonchev–Trinajstić information content (AvgIpc) is 2.35. The number of carboxylic acid groups (broad SMARTS) is 1. The van der Waals surface area contributed by atoms with Gasteiger partial charge in [0, 0.05) is 5.56 Å². The quantitative estimate of drug-likeness (QED) is 0.824. The lowest BCUT2D eigenvalue weighted by molar-refractivity contribution is -0.146. The van der Waals surface area contributed by atoms with Crippen LogP contribution >= 0.6 is 0 Å². The van der Waals surface area contributed by atoms with Crippen LogP contribution in [0.15, 0.2) is 24.3 Å². The van der Waals surface area contributed by atoms with E-state index in [-0.39, 0.29) is 5.56 Å². The Balaban J connectivity index is 2.87. The van der Waals surface area contributed by atoms with E-state index in [1.54, 1.807) is 0 Å². The van der Waals surface area contributed by atoms with Crippen LogP contribution in [0.4, 0.5) is 8.78 Å². The Bertz CT molecular complexity index is 390. The van der Waals surface area contributed by atoms with Crippen LogP contribution in [0, 0.1) is 5.92 Å². The molecule has 2 unspecified atom stereocenters. The van der Waals surface area contributed by atoms with E-state index in [9.17, 15) is 18.7 Å². The topological polar surface area (TPSA) is 57.5 Å². The van der Waals surface area contributed by atoms with Crippen LogP contribution in [0.2, 0.25) is 0 Å². The maximum Gasteiger partial charge on any atom is 0.309 e. The van der Waals surface area contributed by atoms with Crippen LogP contribution in [0.5, 0.6) is 0 Å². The maximum absolute atomic E-state index is 12.4. The zero-order valence-electron chi connectivity index (χ0n) is 10.0. The van der Waals surface area contributed by atoms with Gasteiger partial charge in [-0.2, -0.15) is 0 Å². The third kappa shape index (κ3) is 3.50. The number of hydrogen-bond donors (Lipinski definition) is 2. The minimum Gasteiger partial charge on any atom is -0.481 e. The van der Waals surface area contributed by atoms with Crippen molar-refractivity contribution >= 4 is 5.97 Å². The summed E-state index contributed by atoms with van der Waals surface area (Å²) in [6.07, 6.45) is -2.77. The van der Waals surface area contributed by atoms with Gasteiger partial charge in [-0.05, 0) is 12.0 Å². The maximum atomic E-state index is 12.4. The lowest BCUT2D eigenvalue weighted by atomic mass is 9.91. The predicted molar refractivity (Wildman–Crippen MR) is 62.4 cm³/mol. The molecule has 18 heavy (non-hydrogen) atoms. The second kappa shape index (κ2) is 6.44. The second-order valence-electron chi connectivity index (χ2n) is 4.15. The van der Waals surface area contributed by atoms with Crippen LogP contribution in [-0.4, -0.2) is 16.2 Å². The molecule has 0 aliphatic heterocycles. The van der Waals surface area contributed by atoms with E-state index in [0.717, 1.165) is 0 Å². The van der Waals surface area contributed by atoms with Crippen molar-refractivity contribution in [1.29, 1.82) is 0 Å². The number of aliphatic carboxylic acids is 1. The molecule has 2 atom stereocenters. The summed E-state index contributed by atoms with van der Waals surface area (Å²) in [6, 6.07) is 5.09. The molecule has 1 aromatic carbocycles. The molecule has 0 fully saturated rings. The highest BCUT2D eigenvalue weighted by Gasteiger charge is 2.26. The summed E-state index contributed by atoms with van der Waals surface area (Å²) >= 11 is 0. The van der Waals surface area contributed by atoms with Gasteiger partial charge in [-0.25, -0.2) is 8.78 Å². The fourth-order valence-electron chi connectivity index (χ4n) is 1.80. The van der Waals surface area contributed by atoms with Crippen molar-refractivity contribution in [3.8, 4) is 0 Å². The number of carbonyl (C=O) groups is 1. The summed E-state index contributed by atoms with van der Waals surface area (Å²) < 4.78 is 24.7. The van der Waals surface area contributed by atoms with Crippen molar-refractivity contribution in [1.82, 2.24) is 0 Å². The van der Waals surface area contributed by atoms with Gasteiger partial charge in [0.15, 0.2) is 0 Å². The van der Waals surface area contributed by atoms with Gasteiger partial charge in [-0.15, -0.1) is 0 Å². The van der Waals surface area contributed by atoms with Crippen molar-refractivity contribution in [3.05, 3.63) is 35.4 Å². The van der Waals surface area contributed by atoms with E-state index in [4.69, 9.17) is 5.11 Å². The molecular formula is C13H16F2O3. The second-order valence-corrected chi connectivity index (χ2v) is 4.15. The van der Waals surface area contributed by atoms with Crippen molar-refractivity contribution in [2.45, 2.75) is 32.3 Å². The molecule has 0 amide bonds. The number of rotatable bonds is 6. The van der Waals surface area contributed by atoms with Gasteiger partial charge < -0.3 is 10.2 Å². The molecule has 3 nitrogen and oxygen atoms in total. The molecule has 0 saturated carbocycles. The highest BCUT2D eigenvalue weighted by molar-refractivity contribution is 5.71. The molecule has 100 valence electrons. The van der Waals surface area contributed by atoms with Crippen molar-refractivity contribution in [2.24, 2.45) is 5.92 Å². The van der Waals surface area contributed by atoms with E-state index >= 15 is 0 Å². The number of alkyl halides is 2. The number of halogens is 2. The van der Waals surface area contributed by atoms with Crippen molar-refractivity contribution < 1.29 is 23.8 Å². The van der Waals surface area contributed by atoms with Gasteiger partial charge in [0.05, 0.1) is 12.0 Å². The van der Waals surface area contributed by atoms with Gasteiger partial charge in [0.1, 0.15) is 0 Å². The monoisotopic (exact) mass is 258 g/mol. The third-order valence-corrected chi connectivity index (χ3v) is 2.83.